The minimum Gasteiger partial charge on any atom is -0.489 e. The van der Waals surface area contributed by atoms with Gasteiger partial charge in [0.25, 0.3) is 5.69 Å². The first-order chi connectivity index (χ1) is 9.61. The minimum atomic E-state index is -0.995. The summed E-state index contributed by atoms with van der Waals surface area (Å²) in [6, 6.07) is 2.77. The van der Waals surface area contributed by atoms with Crippen LogP contribution < -0.4 is 14.8 Å². The van der Waals surface area contributed by atoms with Crippen LogP contribution in [0.15, 0.2) is 12.1 Å². The number of hydrogen-bond donors (Lipinski definition) is 3. The highest BCUT2D eigenvalue weighted by molar-refractivity contribution is 5.68. The fraction of sp³-hybridized carbons (Fsp3) is 0.500. The quantitative estimate of drug-likeness (QED) is 0.533. The fourth-order valence-electron chi connectivity index (χ4n) is 1.78. The zero-order valence-electron chi connectivity index (χ0n) is 10.7. The molecule has 3 N–H and O–H groups in total. The van der Waals surface area contributed by atoms with Gasteiger partial charge in [-0.05, 0) is 0 Å². The number of hydrogen-bond acceptors (Lipinski definition) is 7. The van der Waals surface area contributed by atoms with E-state index in [2.05, 4.69) is 5.32 Å². The molecule has 20 heavy (non-hydrogen) atoms. The average molecular weight is 284 g/mol. The van der Waals surface area contributed by atoms with Crippen LogP contribution in [0.3, 0.4) is 0 Å². The monoisotopic (exact) mass is 284 g/mol. The SMILES string of the molecule is O=[N+]([O-])c1cc2c(cc1NCC(O)CO)OCCCO2. The Bertz CT molecular complexity index is 493. The summed E-state index contributed by atoms with van der Waals surface area (Å²) in [6.45, 7) is 0.492. The normalized spacial score (nSPS) is 15.3. The average Bonchev–Trinajstić information content (AvgIpc) is 2.67. The number of rotatable bonds is 5. The van der Waals surface area contributed by atoms with Crippen molar-refractivity contribution in [3.05, 3.63) is 22.2 Å². The Balaban J connectivity index is 2.28. The standard InChI is InChI=1S/C12H16N2O6/c15-7-8(16)6-13-9-4-11-12(5-10(9)14(17)18)20-3-1-2-19-11/h4-5,8,13,15-16H,1-3,6-7H2. The molecule has 0 bridgehead atoms. The molecule has 1 aliphatic rings. The number of fused-ring (bicyclic) bond motifs is 1. The number of nitro benzene ring substituents is 1. The molecule has 8 heteroatoms. The maximum absolute atomic E-state index is 11.1. The zero-order chi connectivity index (χ0) is 14.5. The van der Waals surface area contributed by atoms with Gasteiger partial charge < -0.3 is 25.0 Å². The lowest BCUT2D eigenvalue weighted by molar-refractivity contribution is -0.384. The Kier molecular flexibility index (Phi) is 4.59. The molecule has 1 aromatic rings. The van der Waals surface area contributed by atoms with E-state index in [0.717, 1.165) is 0 Å². The van der Waals surface area contributed by atoms with Gasteiger partial charge in [0.2, 0.25) is 0 Å². The summed E-state index contributed by atoms with van der Waals surface area (Å²) in [5, 5.41) is 31.8. The Labute approximate surface area is 115 Å². The van der Waals surface area contributed by atoms with Crippen LogP contribution >= 0.6 is 0 Å². The summed E-state index contributed by atoms with van der Waals surface area (Å²) in [4.78, 5) is 10.5. The molecule has 0 saturated carbocycles. The second-order valence-electron chi connectivity index (χ2n) is 4.34. The molecule has 1 atom stereocenters. The highest BCUT2D eigenvalue weighted by atomic mass is 16.6. The molecule has 0 spiro atoms. The van der Waals surface area contributed by atoms with E-state index < -0.39 is 17.6 Å². The number of nitrogens with one attached hydrogen (secondary N) is 1. The molecule has 0 amide bonds. The van der Waals surface area contributed by atoms with Crippen molar-refractivity contribution in [2.45, 2.75) is 12.5 Å². The molecule has 0 aliphatic carbocycles. The molecular formula is C12H16N2O6. The van der Waals surface area contributed by atoms with Gasteiger partial charge in [0.1, 0.15) is 5.69 Å². The van der Waals surface area contributed by atoms with Gasteiger partial charge >= 0.3 is 0 Å². The molecule has 1 heterocycles. The Morgan fingerprint density at radius 3 is 2.60 bits per heavy atom. The molecule has 0 radical (unpaired) electrons. The third-order valence-corrected chi connectivity index (χ3v) is 2.80. The highest BCUT2D eigenvalue weighted by Crippen LogP contribution is 2.39. The van der Waals surface area contributed by atoms with Crippen LogP contribution in [0, 0.1) is 10.1 Å². The van der Waals surface area contributed by atoms with Gasteiger partial charge in [-0.2, -0.15) is 0 Å². The van der Waals surface area contributed by atoms with Crippen molar-refractivity contribution in [1.82, 2.24) is 0 Å². The highest BCUT2D eigenvalue weighted by Gasteiger charge is 2.21. The summed E-state index contributed by atoms with van der Waals surface area (Å²) in [7, 11) is 0. The molecule has 2 rings (SSSR count). The summed E-state index contributed by atoms with van der Waals surface area (Å²) < 4.78 is 10.9. The first-order valence-electron chi connectivity index (χ1n) is 6.22. The van der Waals surface area contributed by atoms with Crippen molar-refractivity contribution < 1.29 is 24.6 Å². The number of anilines is 1. The second-order valence-corrected chi connectivity index (χ2v) is 4.34. The van der Waals surface area contributed by atoms with Crippen molar-refractivity contribution in [2.24, 2.45) is 0 Å². The van der Waals surface area contributed by atoms with E-state index in [-0.39, 0.29) is 17.9 Å². The third-order valence-electron chi connectivity index (χ3n) is 2.80. The van der Waals surface area contributed by atoms with Crippen LogP contribution in [0.4, 0.5) is 11.4 Å². The number of aliphatic hydroxyl groups is 2. The van der Waals surface area contributed by atoms with Gasteiger partial charge in [0.15, 0.2) is 11.5 Å². The van der Waals surface area contributed by atoms with Gasteiger partial charge in [0.05, 0.1) is 36.9 Å². The largest absolute Gasteiger partial charge is 0.489 e. The van der Waals surface area contributed by atoms with E-state index in [9.17, 15) is 15.2 Å². The van der Waals surface area contributed by atoms with E-state index in [1.165, 1.54) is 12.1 Å². The van der Waals surface area contributed by atoms with Gasteiger partial charge in [-0.25, -0.2) is 0 Å². The molecule has 0 aromatic heterocycles. The van der Waals surface area contributed by atoms with E-state index in [0.29, 0.717) is 31.1 Å². The topological polar surface area (TPSA) is 114 Å². The molecule has 1 unspecified atom stereocenters. The summed E-state index contributed by atoms with van der Waals surface area (Å²) in [5.74, 6) is 0.761. The zero-order valence-corrected chi connectivity index (χ0v) is 10.7. The Morgan fingerprint density at radius 2 is 2.00 bits per heavy atom. The van der Waals surface area contributed by atoms with Crippen LogP contribution in [-0.4, -0.2) is 47.6 Å². The van der Waals surface area contributed by atoms with Crippen molar-refractivity contribution in [3.63, 3.8) is 0 Å². The van der Waals surface area contributed by atoms with Crippen LogP contribution in [0.5, 0.6) is 11.5 Å². The maximum Gasteiger partial charge on any atom is 0.296 e. The molecule has 0 saturated heterocycles. The van der Waals surface area contributed by atoms with Crippen molar-refractivity contribution in [3.8, 4) is 11.5 Å². The third kappa shape index (κ3) is 3.28. The predicted molar refractivity (Wildman–Crippen MR) is 70.3 cm³/mol. The maximum atomic E-state index is 11.1. The molecule has 1 aromatic carbocycles. The lowest BCUT2D eigenvalue weighted by Gasteiger charge is -2.13. The van der Waals surface area contributed by atoms with Crippen LogP contribution in [0.2, 0.25) is 0 Å². The molecule has 8 nitrogen and oxygen atoms in total. The number of benzene rings is 1. The summed E-state index contributed by atoms with van der Waals surface area (Å²) >= 11 is 0. The lowest BCUT2D eigenvalue weighted by Crippen LogP contribution is -2.23. The first kappa shape index (κ1) is 14.4. The molecule has 0 fully saturated rings. The van der Waals surface area contributed by atoms with Crippen molar-refractivity contribution >= 4 is 11.4 Å². The van der Waals surface area contributed by atoms with E-state index in [1.54, 1.807) is 0 Å². The van der Waals surface area contributed by atoms with Gasteiger partial charge in [0, 0.05) is 19.0 Å². The molecule has 1 aliphatic heterocycles. The second kappa shape index (κ2) is 6.40. The van der Waals surface area contributed by atoms with Crippen molar-refractivity contribution in [1.29, 1.82) is 0 Å². The van der Waals surface area contributed by atoms with E-state index in [4.69, 9.17) is 14.6 Å². The summed E-state index contributed by atoms with van der Waals surface area (Å²) in [5.41, 5.74) is 0.0474. The minimum absolute atomic E-state index is 0.00299. The van der Waals surface area contributed by atoms with Gasteiger partial charge in [-0.1, -0.05) is 0 Å². The number of ether oxygens (including phenoxy) is 2. The number of nitro groups is 1. The Hall–Kier alpha value is -2.06. The predicted octanol–water partition coefficient (Wildman–Crippen LogP) is 0.521. The van der Waals surface area contributed by atoms with Crippen LogP contribution in [0.25, 0.3) is 0 Å². The lowest BCUT2D eigenvalue weighted by atomic mass is 10.2. The number of aliphatic hydroxyl groups excluding tert-OH is 2. The van der Waals surface area contributed by atoms with Gasteiger partial charge in [-0.15, -0.1) is 0 Å². The van der Waals surface area contributed by atoms with Crippen molar-refractivity contribution in [2.75, 3.05) is 31.7 Å². The molecule has 110 valence electrons. The fourth-order valence-corrected chi connectivity index (χ4v) is 1.78. The van der Waals surface area contributed by atoms with Crippen LogP contribution in [-0.2, 0) is 0 Å². The summed E-state index contributed by atoms with van der Waals surface area (Å²) in [6.07, 6.45) is -0.292. The molecular weight excluding hydrogens is 268 g/mol. The van der Waals surface area contributed by atoms with E-state index in [1.807, 2.05) is 0 Å². The van der Waals surface area contributed by atoms with Gasteiger partial charge in [-0.3, -0.25) is 10.1 Å². The van der Waals surface area contributed by atoms with Crippen LogP contribution in [0.1, 0.15) is 6.42 Å². The smallest absolute Gasteiger partial charge is 0.296 e. The van der Waals surface area contributed by atoms with E-state index >= 15 is 0 Å². The first-order valence-corrected chi connectivity index (χ1v) is 6.22. The number of nitrogens with zero attached hydrogens (tertiary/aromatic N) is 1. The Morgan fingerprint density at radius 1 is 1.35 bits per heavy atom.